The third-order valence-corrected chi connectivity index (χ3v) is 3.17. The lowest BCUT2D eigenvalue weighted by atomic mass is 9.99. The molecule has 16 heavy (non-hydrogen) atoms. The highest BCUT2D eigenvalue weighted by Gasteiger charge is 2.17. The number of benzene rings is 1. The SMILES string of the molecule is c1ccc(C2CNCc3ccnn3C2)cc1. The molecular formula is C13H15N3. The molecular weight excluding hydrogens is 198 g/mol. The lowest BCUT2D eigenvalue weighted by molar-refractivity contribution is 0.520. The van der Waals surface area contributed by atoms with Gasteiger partial charge in [0.15, 0.2) is 0 Å². The molecule has 3 nitrogen and oxygen atoms in total. The minimum atomic E-state index is 0.516. The third kappa shape index (κ3) is 1.74. The van der Waals surface area contributed by atoms with Gasteiger partial charge in [-0.05, 0) is 11.6 Å². The molecule has 2 heterocycles. The van der Waals surface area contributed by atoms with E-state index in [0.717, 1.165) is 19.6 Å². The maximum Gasteiger partial charge on any atom is 0.0522 e. The molecule has 0 fully saturated rings. The Morgan fingerprint density at radius 3 is 2.94 bits per heavy atom. The monoisotopic (exact) mass is 213 g/mol. The highest BCUT2D eigenvalue weighted by Crippen LogP contribution is 2.19. The van der Waals surface area contributed by atoms with Gasteiger partial charge in [0.25, 0.3) is 0 Å². The zero-order chi connectivity index (χ0) is 10.8. The van der Waals surface area contributed by atoms with Crippen LogP contribution < -0.4 is 5.32 Å². The molecule has 1 aromatic carbocycles. The summed E-state index contributed by atoms with van der Waals surface area (Å²) in [7, 11) is 0. The Kier molecular flexibility index (Phi) is 2.46. The van der Waals surface area contributed by atoms with Gasteiger partial charge in [-0.25, -0.2) is 0 Å². The van der Waals surface area contributed by atoms with Gasteiger partial charge in [-0.3, -0.25) is 4.68 Å². The molecule has 1 unspecified atom stereocenters. The summed E-state index contributed by atoms with van der Waals surface area (Å²) in [6, 6.07) is 12.7. The van der Waals surface area contributed by atoms with Crippen molar-refractivity contribution in [2.24, 2.45) is 0 Å². The van der Waals surface area contributed by atoms with Crippen LogP contribution in [0.2, 0.25) is 0 Å². The number of fused-ring (bicyclic) bond motifs is 1. The molecule has 1 aliphatic heterocycles. The Morgan fingerprint density at radius 2 is 2.06 bits per heavy atom. The average Bonchev–Trinajstić information content (AvgIpc) is 2.68. The van der Waals surface area contributed by atoms with E-state index in [0.29, 0.717) is 5.92 Å². The van der Waals surface area contributed by atoms with Gasteiger partial charge in [0.05, 0.1) is 5.69 Å². The van der Waals surface area contributed by atoms with Crippen LogP contribution in [-0.4, -0.2) is 16.3 Å². The fraction of sp³-hybridized carbons (Fsp3) is 0.308. The van der Waals surface area contributed by atoms with Gasteiger partial charge in [-0.15, -0.1) is 0 Å². The van der Waals surface area contributed by atoms with E-state index in [1.54, 1.807) is 0 Å². The molecule has 0 amide bonds. The summed E-state index contributed by atoms with van der Waals surface area (Å²) in [5, 5.41) is 7.85. The van der Waals surface area contributed by atoms with Gasteiger partial charge in [0, 0.05) is 31.7 Å². The number of rotatable bonds is 1. The first-order chi connectivity index (χ1) is 7.93. The maximum atomic E-state index is 4.37. The van der Waals surface area contributed by atoms with E-state index in [1.807, 2.05) is 6.20 Å². The van der Waals surface area contributed by atoms with E-state index in [9.17, 15) is 0 Å². The number of hydrogen-bond donors (Lipinski definition) is 1. The molecule has 3 rings (SSSR count). The fourth-order valence-corrected chi connectivity index (χ4v) is 2.27. The summed E-state index contributed by atoms with van der Waals surface area (Å²) < 4.78 is 2.11. The molecule has 1 N–H and O–H groups in total. The quantitative estimate of drug-likeness (QED) is 0.782. The Bertz CT molecular complexity index is 461. The van der Waals surface area contributed by atoms with Crippen LogP contribution in [0.5, 0.6) is 0 Å². The second-order valence-corrected chi connectivity index (χ2v) is 4.24. The van der Waals surface area contributed by atoms with Crippen LogP contribution in [0.3, 0.4) is 0 Å². The smallest absolute Gasteiger partial charge is 0.0522 e. The zero-order valence-electron chi connectivity index (χ0n) is 9.13. The first kappa shape index (κ1) is 9.60. The van der Waals surface area contributed by atoms with Crippen molar-refractivity contribution < 1.29 is 0 Å². The number of hydrogen-bond acceptors (Lipinski definition) is 2. The lowest BCUT2D eigenvalue weighted by Gasteiger charge is -2.14. The van der Waals surface area contributed by atoms with E-state index in [1.165, 1.54) is 11.3 Å². The van der Waals surface area contributed by atoms with E-state index in [4.69, 9.17) is 0 Å². The lowest BCUT2D eigenvalue weighted by Crippen LogP contribution is -2.19. The third-order valence-electron chi connectivity index (χ3n) is 3.17. The predicted octanol–water partition coefficient (Wildman–Crippen LogP) is 1.77. The van der Waals surface area contributed by atoms with Crippen molar-refractivity contribution in [2.45, 2.75) is 19.0 Å². The predicted molar refractivity (Wildman–Crippen MR) is 63.1 cm³/mol. The van der Waals surface area contributed by atoms with Gasteiger partial charge in [-0.2, -0.15) is 5.10 Å². The molecule has 0 spiro atoms. The van der Waals surface area contributed by atoms with Crippen LogP contribution in [0.15, 0.2) is 42.6 Å². The Balaban J connectivity index is 1.89. The molecule has 1 aliphatic rings. The second-order valence-electron chi connectivity index (χ2n) is 4.24. The first-order valence-electron chi connectivity index (χ1n) is 5.70. The van der Waals surface area contributed by atoms with Gasteiger partial charge in [-0.1, -0.05) is 30.3 Å². The van der Waals surface area contributed by atoms with Crippen LogP contribution in [-0.2, 0) is 13.1 Å². The standard InChI is InChI=1S/C13H15N3/c1-2-4-11(5-3-1)12-8-14-9-13-6-7-15-16(13)10-12/h1-7,12,14H,8-10H2. The van der Waals surface area contributed by atoms with Crippen molar-refractivity contribution in [3.05, 3.63) is 53.9 Å². The van der Waals surface area contributed by atoms with E-state index in [2.05, 4.69) is 51.5 Å². The zero-order valence-corrected chi connectivity index (χ0v) is 9.13. The molecule has 0 bridgehead atoms. The number of nitrogens with one attached hydrogen (secondary N) is 1. The molecule has 1 aromatic heterocycles. The van der Waals surface area contributed by atoms with Crippen molar-refractivity contribution in [2.75, 3.05) is 6.54 Å². The minimum absolute atomic E-state index is 0.516. The van der Waals surface area contributed by atoms with E-state index >= 15 is 0 Å². The van der Waals surface area contributed by atoms with Crippen molar-refractivity contribution >= 4 is 0 Å². The second kappa shape index (κ2) is 4.10. The van der Waals surface area contributed by atoms with Gasteiger partial charge in [0.1, 0.15) is 0 Å². The van der Waals surface area contributed by atoms with Crippen LogP contribution >= 0.6 is 0 Å². The molecule has 3 heteroatoms. The summed E-state index contributed by atoms with van der Waals surface area (Å²) in [6.07, 6.45) is 1.88. The molecule has 0 saturated carbocycles. The topological polar surface area (TPSA) is 29.9 Å². The molecule has 0 saturated heterocycles. The summed E-state index contributed by atoms with van der Waals surface area (Å²) in [5.41, 5.74) is 2.66. The van der Waals surface area contributed by atoms with Gasteiger partial charge >= 0.3 is 0 Å². The largest absolute Gasteiger partial charge is 0.310 e. The van der Waals surface area contributed by atoms with E-state index < -0.39 is 0 Å². The van der Waals surface area contributed by atoms with Gasteiger partial charge in [0.2, 0.25) is 0 Å². The summed E-state index contributed by atoms with van der Waals surface area (Å²) >= 11 is 0. The van der Waals surface area contributed by atoms with E-state index in [-0.39, 0.29) is 0 Å². The van der Waals surface area contributed by atoms with Crippen LogP contribution in [0.25, 0.3) is 0 Å². The Labute approximate surface area is 95.1 Å². The highest BCUT2D eigenvalue weighted by molar-refractivity contribution is 5.20. The van der Waals surface area contributed by atoms with Crippen LogP contribution in [0, 0.1) is 0 Å². The minimum Gasteiger partial charge on any atom is -0.310 e. The van der Waals surface area contributed by atoms with Gasteiger partial charge < -0.3 is 5.32 Å². The van der Waals surface area contributed by atoms with Crippen LogP contribution in [0.1, 0.15) is 17.2 Å². The van der Waals surface area contributed by atoms with Crippen molar-refractivity contribution in [3.63, 3.8) is 0 Å². The fourth-order valence-electron chi connectivity index (χ4n) is 2.27. The van der Waals surface area contributed by atoms with Crippen molar-refractivity contribution in [3.8, 4) is 0 Å². The summed E-state index contributed by atoms with van der Waals surface area (Å²) in [6.45, 7) is 2.91. The first-order valence-corrected chi connectivity index (χ1v) is 5.70. The Morgan fingerprint density at radius 1 is 1.19 bits per heavy atom. The highest BCUT2D eigenvalue weighted by atomic mass is 15.3. The molecule has 82 valence electrons. The molecule has 0 aliphatic carbocycles. The molecule has 2 aromatic rings. The maximum absolute atomic E-state index is 4.37. The number of nitrogens with zero attached hydrogens (tertiary/aromatic N) is 2. The van der Waals surface area contributed by atoms with Crippen LogP contribution in [0.4, 0.5) is 0 Å². The average molecular weight is 213 g/mol. The number of aromatic nitrogens is 2. The molecule has 1 atom stereocenters. The van der Waals surface area contributed by atoms with Crippen molar-refractivity contribution in [1.29, 1.82) is 0 Å². The summed E-state index contributed by atoms with van der Waals surface area (Å²) in [4.78, 5) is 0. The molecule has 0 radical (unpaired) electrons. The van der Waals surface area contributed by atoms with Crippen molar-refractivity contribution in [1.82, 2.24) is 15.1 Å². The Hall–Kier alpha value is -1.61. The normalized spacial score (nSPS) is 20.1. The summed E-state index contributed by atoms with van der Waals surface area (Å²) in [5.74, 6) is 0.516.